The SMILES string of the molecule is O[C@@H](COc1cccc2ncccc12)CN1CCN(C2c3ccccc3[C@@H]3[C@H](c4ccccc42)C3(F)F)CC1.[Cl-].[Cl-].[Cl-]. The number of ether oxygens (including phenoxy) is 1. The number of hydrogen-bond acceptors (Lipinski definition) is 5. The molecule has 0 radical (unpaired) electrons. The number of alkyl halides is 2. The van der Waals surface area contributed by atoms with E-state index in [-0.39, 0.29) is 49.9 Å². The predicted molar refractivity (Wildman–Crippen MR) is 146 cm³/mol. The molecule has 3 aliphatic rings. The zero-order chi connectivity index (χ0) is 26.6. The van der Waals surface area contributed by atoms with Gasteiger partial charge in [0.05, 0.1) is 23.4 Å². The minimum atomic E-state index is -2.70. The summed E-state index contributed by atoms with van der Waals surface area (Å²) in [7, 11) is 0. The van der Waals surface area contributed by atoms with Crippen molar-refractivity contribution in [2.75, 3.05) is 39.3 Å². The van der Waals surface area contributed by atoms with Crippen molar-refractivity contribution in [2.45, 2.75) is 29.9 Å². The van der Waals surface area contributed by atoms with Crippen LogP contribution in [0.3, 0.4) is 0 Å². The van der Waals surface area contributed by atoms with Crippen molar-refractivity contribution in [1.29, 1.82) is 0 Å². The summed E-state index contributed by atoms with van der Waals surface area (Å²) in [4.78, 5) is 9.04. The molecule has 1 saturated heterocycles. The summed E-state index contributed by atoms with van der Waals surface area (Å²) in [6.45, 7) is 3.89. The average molecular weight is 634 g/mol. The molecule has 4 atom stereocenters. The Morgan fingerprint density at radius 3 is 2.00 bits per heavy atom. The standard InChI is InChI=1S/C32H31F2N3O2.3ClH/c33-32(34)29-22-7-1-3-9-24(22)31(25-10-4-2-8-23(25)30(29)32)37-17-15-36(16-18-37)19-21(38)20-39-28-13-5-12-27-26(28)11-6-14-35-27;;;/h1-14,21,29-31,38H,15-20H2;3*1H/p-3/t21-,29-,30+,31?;;;/m1.../s1. The fraction of sp³-hybridized carbons (Fsp3) is 0.344. The van der Waals surface area contributed by atoms with Gasteiger partial charge in [0.25, 0.3) is 5.92 Å². The van der Waals surface area contributed by atoms with Gasteiger partial charge in [0.1, 0.15) is 18.5 Å². The van der Waals surface area contributed by atoms with Crippen LogP contribution in [0.5, 0.6) is 5.75 Å². The van der Waals surface area contributed by atoms with E-state index in [1.807, 2.05) is 78.9 Å². The number of benzene rings is 3. The summed E-state index contributed by atoms with van der Waals surface area (Å²) in [5, 5.41) is 11.7. The van der Waals surface area contributed by atoms with Crippen LogP contribution in [0.15, 0.2) is 85.1 Å². The Morgan fingerprint density at radius 2 is 1.38 bits per heavy atom. The van der Waals surface area contributed by atoms with E-state index in [0.717, 1.165) is 65.1 Å². The number of β-amino-alcohol motifs (C(OH)–C–C–N with tert-alkyl or cyclic N) is 1. The van der Waals surface area contributed by atoms with Gasteiger partial charge in [0.15, 0.2) is 0 Å². The molecule has 0 bridgehead atoms. The summed E-state index contributed by atoms with van der Waals surface area (Å²) in [6, 6.07) is 25.1. The van der Waals surface area contributed by atoms with Crippen molar-refractivity contribution >= 4 is 10.9 Å². The first kappa shape index (κ1) is 32.4. The first-order valence-corrected chi connectivity index (χ1v) is 13.7. The lowest BCUT2D eigenvalue weighted by molar-refractivity contribution is -0.00100. The highest BCUT2D eigenvalue weighted by molar-refractivity contribution is 5.84. The first-order chi connectivity index (χ1) is 19.0. The van der Waals surface area contributed by atoms with E-state index >= 15 is 0 Å². The molecular weight excluding hydrogens is 603 g/mol. The molecule has 4 aromatic rings. The van der Waals surface area contributed by atoms with Crippen molar-refractivity contribution in [3.63, 3.8) is 0 Å². The Balaban J connectivity index is 0.00000135. The normalized spacial score (nSPS) is 23.0. The zero-order valence-corrected chi connectivity index (χ0v) is 25.0. The molecule has 10 heteroatoms. The summed E-state index contributed by atoms with van der Waals surface area (Å²) in [5.74, 6) is -3.46. The molecule has 1 N–H and O–H groups in total. The second kappa shape index (κ2) is 13.0. The van der Waals surface area contributed by atoms with Gasteiger partial charge < -0.3 is 47.1 Å². The number of nitrogens with zero attached hydrogens (tertiary/aromatic N) is 3. The van der Waals surface area contributed by atoms with Crippen LogP contribution in [0.25, 0.3) is 10.9 Å². The number of aromatic nitrogens is 1. The molecule has 1 unspecified atom stereocenters. The van der Waals surface area contributed by atoms with Crippen molar-refractivity contribution in [3.8, 4) is 5.75 Å². The zero-order valence-electron chi connectivity index (χ0n) is 22.7. The van der Waals surface area contributed by atoms with Crippen LogP contribution in [0.4, 0.5) is 8.78 Å². The summed E-state index contributed by atoms with van der Waals surface area (Å²) < 4.78 is 35.9. The number of fused-ring (bicyclic) bond motifs is 6. The maximum atomic E-state index is 15.0. The molecule has 2 aliphatic carbocycles. The quantitative estimate of drug-likeness (QED) is 0.237. The van der Waals surface area contributed by atoms with Gasteiger partial charge in [0, 0.05) is 44.3 Å². The molecule has 3 aromatic carbocycles. The fourth-order valence-corrected chi connectivity index (χ4v) is 6.69. The van der Waals surface area contributed by atoms with E-state index in [9.17, 15) is 13.9 Å². The number of halogens is 5. The second-order valence-corrected chi connectivity index (χ2v) is 10.9. The molecule has 7 rings (SSSR count). The van der Waals surface area contributed by atoms with E-state index in [0.29, 0.717) is 6.54 Å². The van der Waals surface area contributed by atoms with E-state index in [4.69, 9.17) is 4.74 Å². The van der Waals surface area contributed by atoms with Crippen LogP contribution in [0.1, 0.15) is 40.1 Å². The third-order valence-electron chi connectivity index (χ3n) is 8.58. The fourth-order valence-electron chi connectivity index (χ4n) is 6.69. The number of rotatable bonds is 6. The Kier molecular flexibility index (Phi) is 10.0. The third kappa shape index (κ3) is 5.71. The predicted octanol–water partition coefficient (Wildman–Crippen LogP) is -3.78. The number of aliphatic hydroxyl groups is 1. The van der Waals surface area contributed by atoms with Crippen molar-refractivity contribution in [3.05, 3.63) is 107 Å². The summed E-state index contributed by atoms with van der Waals surface area (Å²) in [5.41, 5.74) is 4.44. The van der Waals surface area contributed by atoms with Gasteiger partial charge >= 0.3 is 0 Å². The number of aliphatic hydroxyl groups excluding tert-OH is 1. The molecule has 2 heterocycles. The molecule has 1 aliphatic heterocycles. The van der Waals surface area contributed by atoms with Crippen LogP contribution in [0.2, 0.25) is 0 Å². The second-order valence-electron chi connectivity index (χ2n) is 10.9. The van der Waals surface area contributed by atoms with E-state index in [1.165, 1.54) is 0 Å². The highest BCUT2D eigenvalue weighted by Crippen LogP contribution is 2.70. The molecule has 42 heavy (non-hydrogen) atoms. The van der Waals surface area contributed by atoms with Gasteiger partial charge in [-0.2, -0.15) is 0 Å². The molecule has 1 saturated carbocycles. The number of piperazine rings is 1. The Hall–Kier alpha value is -2.52. The molecular formula is C32H31Cl3F2N3O2-3. The third-order valence-corrected chi connectivity index (χ3v) is 8.58. The Labute approximate surface area is 263 Å². The van der Waals surface area contributed by atoms with Crippen molar-refractivity contribution < 1.29 is 55.8 Å². The van der Waals surface area contributed by atoms with Crippen LogP contribution in [-0.2, 0) is 0 Å². The molecule has 0 amide bonds. The minimum Gasteiger partial charge on any atom is -1.00 e. The smallest absolute Gasteiger partial charge is 0.263 e. The van der Waals surface area contributed by atoms with Crippen LogP contribution in [-0.4, -0.2) is 71.2 Å². The summed E-state index contributed by atoms with van der Waals surface area (Å²) >= 11 is 0. The van der Waals surface area contributed by atoms with Gasteiger partial charge in [0.2, 0.25) is 0 Å². The molecule has 2 fully saturated rings. The maximum Gasteiger partial charge on any atom is 0.263 e. The number of hydrogen-bond donors (Lipinski definition) is 1. The highest BCUT2D eigenvalue weighted by atomic mass is 35.5. The van der Waals surface area contributed by atoms with Gasteiger partial charge in [-0.15, -0.1) is 0 Å². The Morgan fingerprint density at radius 1 is 0.786 bits per heavy atom. The largest absolute Gasteiger partial charge is 1.00 e. The van der Waals surface area contributed by atoms with Crippen LogP contribution in [0, 0.1) is 0 Å². The lowest BCUT2D eigenvalue weighted by atomic mass is 9.90. The molecule has 224 valence electrons. The molecule has 1 aromatic heterocycles. The van der Waals surface area contributed by atoms with Crippen LogP contribution < -0.4 is 42.0 Å². The topological polar surface area (TPSA) is 48.8 Å². The Bertz CT molecular complexity index is 1460. The average Bonchev–Trinajstić information content (AvgIpc) is 3.58. The van der Waals surface area contributed by atoms with Gasteiger partial charge in [-0.1, -0.05) is 54.6 Å². The van der Waals surface area contributed by atoms with E-state index in [2.05, 4.69) is 14.8 Å². The monoisotopic (exact) mass is 632 g/mol. The van der Waals surface area contributed by atoms with Crippen LogP contribution >= 0.6 is 0 Å². The van der Waals surface area contributed by atoms with Crippen molar-refractivity contribution in [2.24, 2.45) is 0 Å². The first-order valence-electron chi connectivity index (χ1n) is 13.7. The maximum absolute atomic E-state index is 15.0. The van der Waals surface area contributed by atoms with Gasteiger partial charge in [-0.3, -0.25) is 14.8 Å². The number of pyridine rings is 1. The molecule has 0 spiro atoms. The highest BCUT2D eigenvalue weighted by Gasteiger charge is 2.71. The summed E-state index contributed by atoms with van der Waals surface area (Å²) in [6.07, 6.45) is 1.13. The van der Waals surface area contributed by atoms with E-state index in [1.54, 1.807) is 6.20 Å². The van der Waals surface area contributed by atoms with Gasteiger partial charge in [-0.05, 0) is 46.5 Å². The minimum absolute atomic E-state index is 0. The lowest BCUT2D eigenvalue weighted by Gasteiger charge is -2.41. The van der Waals surface area contributed by atoms with E-state index < -0.39 is 23.9 Å². The van der Waals surface area contributed by atoms with Gasteiger partial charge in [-0.25, -0.2) is 8.78 Å². The van der Waals surface area contributed by atoms with Crippen molar-refractivity contribution in [1.82, 2.24) is 14.8 Å². The molecule has 5 nitrogen and oxygen atoms in total. The lowest BCUT2D eigenvalue weighted by Crippen LogP contribution is -3.00.